The highest BCUT2D eigenvalue weighted by atomic mass is 31.2. The molecule has 0 aromatic rings. The van der Waals surface area contributed by atoms with Crippen molar-refractivity contribution >= 4 is 27.1 Å². The number of carbonyl (C=O) groups is 2. The second-order valence-electron chi connectivity index (χ2n) is 5.98. The van der Waals surface area contributed by atoms with Crippen molar-refractivity contribution in [2.75, 3.05) is 13.1 Å². The van der Waals surface area contributed by atoms with Crippen molar-refractivity contribution in [3.8, 4) is 0 Å². The summed E-state index contributed by atoms with van der Waals surface area (Å²) in [5.41, 5.74) is 5.20. The van der Waals surface area contributed by atoms with Crippen LogP contribution in [-0.2, 0) is 18.7 Å². The smallest absolute Gasteiger partial charge is 0.357 e. The predicted molar refractivity (Wildman–Crippen MR) is 87.5 cm³/mol. The Morgan fingerprint density at radius 1 is 1.12 bits per heavy atom. The number of hydrogen-bond donors (Lipinski definition) is 8. The molecule has 0 aliphatic rings. The fourth-order valence-corrected chi connectivity index (χ4v) is 4.04. The van der Waals surface area contributed by atoms with Crippen LogP contribution in [0.25, 0.3) is 0 Å². The summed E-state index contributed by atoms with van der Waals surface area (Å²) in [7, 11) is -10.7. The van der Waals surface area contributed by atoms with Crippen LogP contribution in [0.1, 0.15) is 26.7 Å². The van der Waals surface area contributed by atoms with Gasteiger partial charge in [-0.25, -0.2) is 4.79 Å². The van der Waals surface area contributed by atoms with Gasteiger partial charge in [0.2, 0.25) is 10.9 Å². The SMILES string of the molecule is CC(C)CC(NC(=O)CNCCC(N)(P(=O)(O)O)P(=O)(O)O)C(=O)O. The molecule has 0 aromatic carbocycles. The number of rotatable bonds is 11. The Labute approximate surface area is 144 Å². The molecule has 0 fully saturated rings. The van der Waals surface area contributed by atoms with Crippen molar-refractivity contribution in [1.82, 2.24) is 10.6 Å². The van der Waals surface area contributed by atoms with Gasteiger partial charge in [-0.3, -0.25) is 13.9 Å². The molecule has 0 saturated carbocycles. The van der Waals surface area contributed by atoms with Crippen molar-refractivity contribution in [3.63, 3.8) is 0 Å². The number of hydrogen-bond acceptors (Lipinski definition) is 6. The molecule has 1 atom stereocenters. The summed E-state index contributed by atoms with van der Waals surface area (Å²) in [4.78, 5) is 59.0. The van der Waals surface area contributed by atoms with E-state index in [2.05, 4.69) is 10.6 Å². The molecule has 0 saturated heterocycles. The van der Waals surface area contributed by atoms with Crippen molar-refractivity contribution in [2.24, 2.45) is 11.7 Å². The van der Waals surface area contributed by atoms with E-state index in [1.165, 1.54) is 0 Å². The van der Waals surface area contributed by atoms with E-state index in [0.717, 1.165) is 0 Å². The van der Waals surface area contributed by atoms with Crippen LogP contribution in [0, 0.1) is 5.92 Å². The van der Waals surface area contributed by atoms with Gasteiger partial charge in [0, 0.05) is 6.42 Å². The molecular formula is C11H25N3O9P2. The van der Waals surface area contributed by atoms with E-state index < -0.39 is 51.1 Å². The van der Waals surface area contributed by atoms with Gasteiger partial charge in [0.1, 0.15) is 6.04 Å². The Morgan fingerprint density at radius 3 is 1.96 bits per heavy atom. The largest absolute Gasteiger partial charge is 0.480 e. The molecule has 0 radical (unpaired) electrons. The van der Waals surface area contributed by atoms with Gasteiger partial charge < -0.3 is 41.0 Å². The van der Waals surface area contributed by atoms with Crippen LogP contribution < -0.4 is 16.4 Å². The Bertz CT molecular complexity index is 549. The Hall–Kier alpha value is -0.840. The lowest BCUT2D eigenvalue weighted by molar-refractivity contribution is -0.142. The zero-order valence-corrected chi connectivity index (χ0v) is 15.6. The molecule has 0 rings (SSSR count). The first-order chi connectivity index (χ1) is 11.1. The summed E-state index contributed by atoms with van der Waals surface area (Å²) in [6.45, 7) is 2.76. The zero-order chi connectivity index (χ0) is 20.1. The van der Waals surface area contributed by atoms with E-state index in [9.17, 15) is 18.7 Å². The number of nitrogens with two attached hydrogens (primary N) is 1. The molecule has 148 valence electrons. The van der Waals surface area contributed by atoms with Gasteiger partial charge in [-0.2, -0.15) is 0 Å². The number of aliphatic carboxylic acids is 1. The number of nitrogens with one attached hydrogen (secondary N) is 2. The maximum absolute atomic E-state index is 11.7. The molecule has 14 heteroatoms. The number of carboxylic acids is 1. The van der Waals surface area contributed by atoms with Gasteiger partial charge in [-0.05, 0) is 18.9 Å². The van der Waals surface area contributed by atoms with Gasteiger partial charge in [-0.1, -0.05) is 13.8 Å². The summed E-state index contributed by atoms with van der Waals surface area (Å²) in [5, 5.41) is 10.6. The molecule has 0 aromatic heterocycles. The van der Waals surface area contributed by atoms with Crippen LogP contribution in [0.2, 0.25) is 0 Å². The van der Waals surface area contributed by atoms with Crippen LogP contribution in [0.3, 0.4) is 0 Å². The lowest BCUT2D eigenvalue weighted by atomic mass is 10.0. The maximum atomic E-state index is 11.7. The van der Waals surface area contributed by atoms with E-state index >= 15 is 0 Å². The monoisotopic (exact) mass is 405 g/mol. The Morgan fingerprint density at radius 2 is 1.60 bits per heavy atom. The average Bonchev–Trinajstić information content (AvgIpc) is 2.39. The van der Waals surface area contributed by atoms with Gasteiger partial charge in [-0.15, -0.1) is 0 Å². The number of carboxylic acid groups (broad SMARTS) is 1. The molecule has 25 heavy (non-hydrogen) atoms. The Kier molecular flexibility index (Phi) is 8.89. The van der Waals surface area contributed by atoms with Crippen molar-refractivity contribution in [3.05, 3.63) is 0 Å². The molecule has 1 amide bonds. The topological polar surface area (TPSA) is 220 Å². The van der Waals surface area contributed by atoms with Gasteiger partial charge >= 0.3 is 21.2 Å². The predicted octanol–water partition coefficient (Wildman–Crippen LogP) is -1.45. The molecule has 12 nitrogen and oxygen atoms in total. The van der Waals surface area contributed by atoms with E-state index in [4.69, 9.17) is 30.4 Å². The Balaban J connectivity index is 4.61. The van der Waals surface area contributed by atoms with Gasteiger partial charge in [0.15, 0.2) is 0 Å². The summed E-state index contributed by atoms with van der Waals surface area (Å²) >= 11 is 0. The molecular weight excluding hydrogens is 380 g/mol. The van der Waals surface area contributed by atoms with E-state index in [1.54, 1.807) is 13.8 Å². The van der Waals surface area contributed by atoms with Crippen LogP contribution in [0.5, 0.6) is 0 Å². The molecule has 0 bridgehead atoms. The highest BCUT2D eigenvalue weighted by Crippen LogP contribution is 2.67. The van der Waals surface area contributed by atoms with Crippen LogP contribution >= 0.6 is 15.2 Å². The normalized spacial score (nSPS) is 14.4. The lowest BCUT2D eigenvalue weighted by Crippen LogP contribution is -2.46. The van der Waals surface area contributed by atoms with Crippen LogP contribution in [0.4, 0.5) is 0 Å². The summed E-state index contributed by atoms with van der Waals surface area (Å²) in [6.07, 6.45) is -0.591. The minimum Gasteiger partial charge on any atom is -0.480 e. The first kappa shape index (κ1) is 24.2. The first-order valence-corrected chi connectivity index (χ1v) is 10.5. The quantitative estimate of drug-likeness (QED) is 0.147. The minimum absolute atomic E-state index is 0.0266. The molecule has 0 heterocycles. The van der Waals surface area contributed by atoms with E-state index in [1.807, 2.05) is 0 Å². The molecule has 0 aliphatic carbocycles. The standard InChI is InChI=1S/C11H25N3O9P2/c1-7(2)5-8(10(16)17)14-9(15)6-13-4-3-11(12,24(18,19)20)25(21,22)23/h7-8,13H,3-6,12H2,1-2H3,(H,14,15)(H,16,17)(H2,18,19,20)(H2,21,22,23). The van der Waals surface area contributed by atoms with Gasteiger partial charge in [0.05, 0.1) is 6.54 Å². The maximum Gasteiger partial charge on any atom is 0.357 e. The van der Waals surface area contributed by atoms with Crippen LogP contribution in [0.15, 0.2) is 0 Å². The first-order valence-electron chi connectivity index (χ1n) is 7.25. The fourth-order valence-electron chi connectivity index (χ4n) is 1.87. The summed E-state index contributed by atoms with van der Waals surface area (Å²) in [6, 6.07) is -1.09. The van der Waals surface area contributed by atoms with Gasteiger partial charge in [0.25, 0.3) is 0 Å². The molecule has 0 aliphatic heterocycles. The zero-order valence-electron chi connectivity index (χ0n) is 13.8. The second-order valence-corrected chi connectivity index (χ2v) is 10.1. The summed E-state index contributed by atoms with van der Waals surface area (Å²) in [5.74, 6) is -1.87. The second kappa shape index (κ2) is 9.20. The van der Waals surface area contributed by atoms with Crippen molar-refractivity contribution in [1.29, 1.82) is 0 Å². The summed E-state index contributed by atoms with van der Waals surface area (Å²) < 4.78 is 22.5. The number of amides is 1. The third-order valence-electron chi connectivity index (χ3n) is 3.30. The fraction of sp³-hybridized carbons (Fsp3) is 0.818. The lowest BCUT2D eigenvalue weighted by Gasteiger charge is -2.30. The van der Waals surface area contributed by atoms with Crippen molar-refractivity contribution < 1.29 is 43.4 Å². The number of carbonyl (C=O) groups excluding carboxylic acids is 1. The average molecular weight is 405 g/mol. The van der Waals surface area contributed by atoms with Crippen molar-refractivity contribution in [2.45, 2.75) is 37.8 Å². The van der Waals surface area contributed by atoms with E-state index in [0.29, 0.717) is 0 Å². The molecule has 0 spiro atoms. The molecule has 1 unspecified atom stereocenters. The highest BCUT2D eigenvalue weighted by Gasteiger charge is 2.56. The third kappa shape index (κ3) is 7.51. The molecule has 9 N–H and O–H groups in total. The minimum atomic E-state index is -5.33. The third-order valence-corrected chi connectivity index (χ3v) is 7.33. The van der Waals surface area contributed by atoms with E-state index in [-0.39, 0.29) is 18.9 Å². The van der Waals surface area contributed by atoms with Crippen LogP contribution in [-0.4, -0.2) is 60.7 Å². The highest BCUT2D eigenvalue weighted by molar-refractivity contribution is 7.72.